The third kappa shape index (κ3) is 4.17. The van der Waals surface area contributed by atoms with Gasteiger partial charge < -0.3 is 19.4 Å². The fourth-order valence-electron chi connectivity index (χ4n) is 4.47. The molecule has 168 valence electrons. The number of nitrogens with zero attached hydrogens (tertiary/aromatic N) is 4. The first kappa shape index (κ1) is 20.2. The number of rotatable bonds is 6. The Hall–Kier alpha value is -3.42. The van der Waals surface area contributed by atoms with Crippen LogP contribution in [-0.4, -0.2) is 65.3 Å². The Bertz CT molecular complexity index is 1210. The number of H-pyrrole nitrogens is 1. The monoisotopic (exact) mass is 441 g/mol. The number of nitrogens with one attached hydrogen (secondary N) is 1. The van der Waals surface area contributed by atoms with Gasteiger partial charge >= 0.3 is 0 Å². The van der Waals surface area contributed by atoms with Crippen LogP contribution < -0.4 is 9.64 Å². The van der Waals surface area contributed by atoms with Gasteiger partial charge in [0.25, 0.3) is 0 Å². The predicted molar refractivity (Wildman–Crippen MR) is 128 cm³/mol. The minimum atomic E-state index is 0.550. The lowest BCUT2D eigenvalue weighted by atomic mass is 10.1. The maximum atomic E-state index is 5.93. The van der Waals surface area contributed by atoms with E-state index in [1.54, 1.807) is 0 Å². The molecule has 2 aromatic heterocycles. The van der Waals surface area contributed by atoms with Gasteiger partial charge in [0, 0.05) is 37.9 Å². The lowest BCUT2D eigenvalue weighted by Crippen LogP contribution is -2.56. The zero-order valence-corrected chi connectivity index (χ0v) is 18.5. The molecular weight excluding hydrogens is 414 g/mol. The lowest BCUT2D eigenvalue weighted by Gasteiger charge is -2.43. The van der Waals surface area contributed by atoms with E-state index in [0.29, 0.717) is 12.6 Å². The standard InChI is InChI=1S/C26H27N5O2/c1-2-4-19(5-3-1)16-33-22-8-6-20(7-9-22)24-28-25-23(10-11-27-25)26(29-24)31-14-12-30(13-15-31)21-17-32-18-21/h1-11,21H,12-18H2,(H,27,28,29). The topological polar surface area (TPSA) is 66.5 Å². The van der Waals surface area contributed by atoms with Gasteiger partial charge in [0.15, 0.2) is 5.82 Å². The summed E-state index contributed by atoms with van der Waals surface area (Å²) < 4.78 is 11.3. The fraction of sp³-hybridized carbons (Fsp3) is 0.308. The predicted octanol–water partition coefficient (Wildman–Crippen LogP) is 3.72. The van der Waals surface area contributed by atoms with Crippen molar-refractivity contribution in [1.29, 1.82) is 0 Å². The van der Waals surface area contributed by atoms with Gasteiger partial charge in [0.05, 0.1) is 24.6 Å². The van der Waals surface area contributed by atoms with Crippen molar-refractivity contribution in [3.63, 3.8) is 0 Å². The van der Waals surface area contributed by atoms with E-state index >= 15 is 0 Å². The normalized spacial score (nSPS) is 17.3. The fourth-order valence-corrected chi connectivity index (χ4v) is 4.47. The Morgan fingerprint density at radius 3 is 2.42 bits per heavy atom. The highest BCUT2D eigenvalue weighted by Crippen LogP contribution is 2.29. The molecule has 4 heterocycles. The minimum Gasteiger partial charge on any atom is -0.489 e. The molecule has 7 heteroatoms. The number of hydrogen-bond donors (Lipinski definition) is 1. The molecule has 2 aliphatic rings. The first-order valence-electron chi connectivity index (χ1n) is 11.5. The molecule has 2 aliphatic heterocycles. The van der Waals surface area contributed by atoms with Crippen LogP contribution in [0.4, 0.5) is 5.82 Å². The molecule has 0 aliphatic carbocycles. The molecular formula is C26H27N5O2. The van der Waals surface area contributed by atoms with Gasteiger partial charge in [-0.05, 0) is 35.9 Å². The zero-order valence-electron chi connectivity index (χ0n) is 18.5. The Labute approximate surface area is 193 Å². The van der Waals surface area contributed by atoms with E-state index in [1.165, 1.54) is 0 Å². The second kappa shape index (κ2) is 8.84. The summed E-state index contributed by atoms with van der Waals surface area (Å²) in [5.41, 5.74) is 3.00. The van der Waals surface area contributed by atoms with Gasteiger partial charge in [-0.25, -0.2) is 9.97 Å². The van der Waals surface area contributed by atoms with Gasteiger partial charge in [-0.1, -0.05) is 30.3 Å². The van der Waals surface area contributed by atoms with E-state index in [0.717, 1.165) is 78.9 Å². The smallest absolute Gasteiger partial charge is 0.163 e. The molecule has 0 radical (unpaired) electrons. The Morgan fingerprint density at radius 1 is 0.909 bits per heavy atom. The second-order valence-electron chi connectivity index (χ2n) is 8.62. The molecule has 2 fully saturated rings. The van der Waals surface area contributed by atoms with Crippen molar-refractivity contribution in [3.05, 3.63) is 72.4 Å². The summed E-state index contributed by atoms with van der Waals surface area (Å²) in [6, 6.07) is 20.9. The Kier molecular flexibility index (Phi) is 5.41. The number of ether oxygens (including phenoxy) is 2. The van der Waals surface area contributed by atoms with Crippen LogP contribution in [0.5, 0.6) is 5.75 Å². The summed E-state index contributed by atoms with van der Waals surface area (Å²) in [4.78, 5) is 18.0. The largest absolute Gasteiger partial charge is 0.489 e. The first-order chi connectivity index (χ1) is 16.3. The summed E-state index contributed by atoms with van der Waals surface area (Å²) in [6.07, 6.45) is 1.94. The molecule has 0 spiro atoms. The summed E-state index contributed by atoms with van der Waals surface area (Å²) in [5, 5.41) is 1.07. The van der Waals surface area contributed by atoms with Crippen LogP contribution in [-0.2, 0) is 11.3 Å². The lowest BCUT2D eigenvalue weighted by molar-refractivity contribution is -0.0660. The second-order valence-corrected chi connectivity index (χ2v) is 8.62. The number of benzene rings is 2. The number of anilines is 1. The highest BCUT2D eigenvalue weighted by atomic mass is 16.5. The number of aromatic nitrogens is 3. The average Bonchev–Trinajstić information content (AvgIpc) is 3.32. The van der Waals surface area contributed by atoms with E-state index in [1.807, 2.05) is 48.7 Å². The molecule has 2 saturated heterocycles. The Balaban J connectivity index is 1.21. The van der Waals surface area contributed by atoms with Crippen LogP contribution >= 0.6 is 0 Å². The van der Waals surface area contributed by atoms with Crippen molar-refractivity contribution in [3.8, 4) is 17.1 Å². The molecule has 0 amide bonds. The third-order valence-electron chi connectivity index (χ3n) is 6.51. The molecule has 4 aromatic rings. The third-order valence-corrected chi connectivity index (χ3v) is 6.51. The van der Waals surface area contributed by atoms with Crippen LogP contribution in [0.25, 0.3) is 22.4 Å². The van der Waals surface area contributed by atoms with E-state index in [4.69, 9.17) is 19.4 Å². The van der Waals surface area contributed by atoms with Crippen LogP contribution in [0.2, 0.25) is 0 Å². The Morgan fingerprint density at radius 2 is 1.70 bits per heavy atom. The van der Waals surface area contributed by atoms with E-state index in [2.05, 4.69) is 33.0 Å². The summed E-state index contributed by atoms with van der Waals surface area (Å²) in [5.74, 6) is 2.56. The van der Waals surface area contributed by atoms with Crippen molar-refractivity contribution in [2.24, 2.45) is 0 Å². The first-order valence-corrected chi connectivity index (χ1v) is 11.5. The maximum Gasteiger partial charge on any atom is 0.163 e. The summed E-state index contributed by atoms with van der Waals surface area (Å²) in [6.45, 7) is 6.27. The van der Waals surface area contributed by atoms with Crippen molar-refractivity contribution in [1.82, 2.24) is 19.9 Å². The van der Waals surface area contributed by atoms with Crippen LogP contribution in [0.15, 0.2) is 66.9 Å². The highest BCUT2D eigenvalue weighted by Gasteiger charge is 2.30. The molecule has 6 rings (SSSR count). The van der Waals surface area contributed by atoms with Crippen molar-refractivity contribution < 1.29 is 9.47 Å². The van der Waals surface area contributed by atoms with Crippen molar-refractivity contribution in [2.75, 3.05) is 44.3 Å². The molecule has 0 atom stereocenters. The number of aromatic amines is 1. The zero-order chi connectivity index (χ0) is 22.0. The van der Waals surface area contributed by atoms with Gasteiger partial charge in [-0.15, -0.1) is 0 Å². The summed E-state index contributed by atoms with van der Waals surface area (Å²) >= 11 is 0. The SMILES string of the molecule is c1ccc(COc2ccc(-c3nc(N4CCN(C5COC5)CC4)c4cc[nH]c4n3)cc2)cc1. The number of piperazine rings is 1. The van der Waals surface area contributed by atoms with E-state index < -0.39 is 0 Å². The van der Waals surface area contributed by atoms with Gasteiger partial charge in [-0.2, -0.15) is 0 Å². The van der Waals surface area contributed by atoms with E-state index in [9.17, 15) is 0 Å². The van der Waals surface area contributed by atoms with Crippen LogP contribution in [0, 0.1) is 0 Å². The molecule has 33 heavy (non-hydrogen) atoms. The molecule has 0 bridgehead atoms. The molecule has 1 N–H and O–H groups in total. The molecule has 0 unspecified atom stereocenters. The number of hydrogen-bond acceptors (Lipinski definition) is 6. The van der Waals surface area contributed by atoms with Crippen molar-refractivity contribution >= 4 is 16.9 Å². The van der Waals surface area contributed by atoms with Crippen molar-refractivity contribution in [2.45, 2.75) is 12.6 Å². The maximum absolute atomic E-state index is 5.93. The van der Waals surface area contributed by atoms with Gasteiger partial charge in [0.1, 0.15) is 23.8 Å². The minimum absolute atomic E-state index is 0.550. The van der Waals surface area contributed by atoms with Gasteiger partial charge in [-0.3, -0.25) is 4.90 Å². The van der Waals surface area contributed by atoms with Crippen LogP contribution in [0.1, 0.15) is 5.56 Å². The highest BCUT2D eigenvalue weighted by molar-refractivity contribution is 5.89. The van der Waals surface area contributed by atoms with Gasteiger partial charge in [0.2, 0.25) is 0 Å². The molecule has 2 aromatic carbocycles. The average molecular weight is 442 g/mol. The summed E-state index contributed by atoms with van der Waals surface area (Å²) in [7, 11) is 0. The molecule has 7 nitrogen and oxygen atoms in total. The quantitative estimate of drug-likeness (QED) is 0.492. The van der Waals surface area contributed by atoms with E-state index in [-0.39, 0.29) is 0 Å². The number of fused-ring (bicyclic) bond motifs is 1. The molecule has 0 saturated carbocycles. The van der Waals surface area contributed by atoms with Crippen LogP contribution in [0.3, 0.4) is 0 Å².